The Hall–Kier alpha value is -2.05. The maximum Gasteiger partial charge on any atom is 0.224 e. The SMILES string of the molecule is Cc1csc(Cc2nc(-c3ccc(NC(=O)CC(C)C)cc3)cs2)n1. The van der Waals surface area contributed by atoms with Crippen LogP contribution < -0.4 is 5.32 Å². The number of anilines is 1. The Morgan fingerprint density at radius 2 is 1.76 bits per heavy atom. The molecule has 3 aromatic rings. The Balaban J connectivity index is 1.65. The van der Waals surface area contributed by atoms with Crippen molar-refractivity contribution in [3.05, 3.63) is 50.7 Å². The molecule has 0 saturated carbocycles. The molecular formula is C19H21N3OS2. The Bertz CT molecular complexity index is 850. The Kier molecular flexibility index (Phi) is 5.60. The van der Waals surface area contributed by atoms with Gasteiger partial charge in [-0.3, -0.25) is 4.79 Å². The fourth-order valence-electron chi connectivity index (χ4n) is 2.45. The zero-order chi connectivity index (χ0) is 17.8. The number of aryl methyl sites for hydroxylation is 1. The van der Waals surface area contributed by atoms with E-state index >= 15 is 0 Å². The van der Waals surface area contributed by atoms with E-state index in [1.807, 2.05) is 45.0 Å². The number of hydrogen-bond donors (Lipinski definition) is 1. The molecule has 2 aromatic heterocycles. The van der Waals surface area contributed by atoms with Gasteiger partial charge in [-0.25, -0.2) is 9.97 Å². The number of aromatic nitrogens is 2. The number of nitrogens with one attached hydrogen (secondary N) is 1. The number of benzene rings is 1. The summed E-state index contributed by atoms with van der Waals surface area (Å²) in [7, 11) is 0. The first kappa shape index (κ1) is 17.8. The zero-order valence-electron chi connectivity index (χ0n) is 14.6. The molecule has 0 fully saturated rings. The lowest BCUT2D eigenvalue weighted by molar-refractivity contribution is -0.116. The van der Waals surface area contributed by atoms with Crippen molar-refractivity contribution in [1.82, 2.24) is 9.97 Å². The molecule has 0 spiro atoms. The van der Waals surface area contributed by atoms with Gasteiger partial charge in [-0.15, -0.1) is 22.7 Å². The highest BCUT2D eigenvalue weighted by Crippen LogP contribution is 2.25. The van der Waals surface area contributed by atoms with Gasteiger partial charge in [0.05, 0.1) is 17.1 Å². The lowest BCUT2D eigenvalue weighted by Gasteiger charge is -2.07. The van der Waals surface area contributed by atoms with Crippen LogP contribution in [0.2, 0.25) is 0 Å². The van der Waals surface area contributed by atoms with Gasteiger partial charge in [0.2, 0.25) is 5.91 Å². The normalized spacial score (nSPS) is 11.0. The Labute approximate surface area is 156 Å². The van der Waals surface area contributed by atoms with Crippen LogP contribution in [0.25, 0.3) is 11.3 Å². The Morgan fingerprint density at radius 1 is 1.08 bits per heavy atom. The zero-order valence-corrected chi connectivity index (χ0v) is 16.2. The van der Waals surface area contributed by atoms with Crippen molar-refractivity contribution < 1.29 is 4.79 Å². The van der Waals surface area contributed by atoms with Crippen molar-refractivity contribution in [2.75, 3.05) is 5.32 Å². The van der Waals surface area contributed by atoms with E-state index in [9.17, 15) is 4.79 Å². The second-order valence-corrected chi connectivity index (χ2v) is 8.29. The predicted molar refractivity (Wildman–Crippen MR) is 105 cm³/mol. The summed E-state index contributed by atoms with van der Waals surface area (Å²) in [6, 6.07) is 7.85. The van der Waals surface area contributed by atoms with Crippen molar-refractivity contribution in [2.24, 2.45) is 5.92 Å². The minimum Gasteiger partial charge on any atom is -0.326 e. The number of carbonyl (C=O) groups excluding carboxylic acids is 1. The molecule has 0 atom stereocenters. The van der Waals surface area contributed by atoms with Gasteiger partial charge in [0.15, 0.2) is 0 Å². The summed E-state index contributed by atoms with van der Waals surface area (Å²) < 4.78 is 0. The highest BCUT2D eigenvalue weighted by molar-refractivity contribution is 7.11. The average molecular weight is 372 g/mol. The summed E-state index contributed by atoms with van der Waals surface area (Å²) >= 11 is 3.33. The van der Waals surface area contributed by atoms with Crippen LogP contribution in [0.1, 0.15) is 36.0 Å². The molecule has 6 heteroatoms. The molecule has 130 valence electrons. The molecule has 0 aliphatic carbocycles. The van der Waals surface area contributed by atoms with E-state index in [1.54, 1.807) is 22.7 Å². The van der Waals surface area contributed by atoms with Crippen LogP contribution in [0.15, 0.2) is 35.0 Å². The predicted octanol–water partition coefficient (Wildman–Crippen LogP) is 5.15. The number of hydrogen-bond acceptors (Lipinski definition) is 5. The maximum atomic E-state index is 11.8. The third-order valence-electron chi connectivity index (χ3n) is 3.58. The van der Waals surface area contributed by atoms with Crippen LogP contribution in [-0.4, -0.2) is 15.9 Å². The molecule has 0 radical (unpaired) electrons. The second-order valence-electron chi connectivity index (χ2n) is 6.41. The smallest absolute Gasteiger partial charge is 0.224 e. The molecule has 1 aromatic carbocycles. The van der Waals surface area contributed by atoms with Crippen molar-refractivity contribution in [2.45, 2.75) is 33.6 Å². The molecule has 25 heavy (non-hydrogen) atoms. The number of thiazole rings is 2. The van der Waals surface area contributed by atoms with E-state index in [0.717, 1.165) is 39.1 Å². The molecule has 0 unspecified atom stereocenters. The van der Waals surface area contributed by atoms with E-state index in [2.05, 4.69) is 21.1 Å². The van der Waals surface area contributed by atoms with Crippen LogP contribution in [0.4, 0.5) is 5.69 Å². The van der Waals surface area contributed by atoms with Crippen LogP contribution >= 0.6 is 22.7 Å². The molecule has 0 bridgehead atoms. The molecule has 1 N–H and O–H groups in total. The van der Waals surface area contributed by atoms with Gasteiger partial charge in [0.1, 0.15) is 5.01 Å². The van der Waals surface area contributed by atoms with Crippen LogP contribution in [-0.2, 0) is 11.2 Å². The van der Waals surface area contributed by atoms with Crippen molar-refractivity contribution in [1.29, 1.82) is 0 Å². The first-order valence-electron chi connectivity index (χ1n) is 8.25. The highest BCUT2D eigenvalue weighted by Gasteiger charge is 2.09. The van der Waals surface area contributed by atoms with E-state index < -0.39 is 0 Å². The number of rotatable bonds is 6. The Morgan fingerprint density at radius 3 is 2.40 bits per heavy atom. The molecule has 1 amide bonds. The molecule has 4 nitrogen and oxygen atoms in total. The van der Waals surface area contributed by atoms with Gasteiger partial charge in [0, 0.05) is 34.1 Å². The number of amides is 1. The lowest BCUT2D eigenvalue weighted by Crippen LogP contribution is -2.13. The average Bonchev–Trinajstić information content (AvgIpc) is 3.17. The van der Waals surface area contributed by atoms with Gasteiger partial charge in [-0.2, -0.15) is 0 Å². The third-order valence-corrected chi connectivity index (χ3v) is 5.39. The molecule has 0 saturated heterocycles. The highest BCUT2D eigenvalue weighted by atomic mass is 32.1. The molecule has 0 aliphatic heterocycles. The molecule has 2 heterocycles. The number of nitrogens with zero attached hydrogens (tertiary/aromatic N) is 2. The van der Waals surface area contributed by atoms with Crippen LogP contribution in [0.5, 0.6) is 0 Å². The van der Waals surface area contributed by atoms with E-state index in [0.29, 0.717) is 12.3 Å². The fraction of sp³-hybridized carbons (Fsp3) is 0.316. The van der Waals surface area contributed by atoms with Gasteiger partial charge in [-0.05, 0) is 25.0 Å². The van der Waals surface area contributed by atoms with Gasteiger partial charge < -0.3 is 5.32 Å². The first-order chi connectivity index (χ1) is 12.0. The lowest BCUT2D eigenvalue weighted by atomic mass is 10.1. The first-order valence-corrected chi connectivity index (χ1v) is 10.0. The van der Waals surface area contributed by atoms with Gasteiger partial charge in [-0.1, -0.05) is 26.0 Å². The summed E-state index contributed by atoms with van der Waals surface area (Å²) in [5.74, 6) is 0.409. The summed E-state index contributed by atoms with van der Waals surface area (Å²) in [6.45, 7) is 6.08. The van der Waals surface area contributed by atoms with Gasteiger partial charge >= 0.3 is 0 Å². The second kappa shape index (κ2) is 7.89. The fourth-order valence-corrected chi connectivity index (χ4v) is 4.12. The van der Waals surface area contributed by atoms with Crippen LogP contribution in [0, 0.1) is 12.8 Å². The summed E-state index contributed by atoms with van der Waals surface area (Å²) in [5.41, 5.74) is 3.91. The monoisotopic (exact) mass is 371 g/mol. The maximum absolute atomic E-state index is 11.8. The van der Waals surface area contributed by atoms with Crippen LogP contribution in [0.3, 0.4) is 0 Å². The topological polar surface area (TPSA) is 54.9 Å². The van der Waals surface area contributed by atoms with Crippen molar-refractivity contribution >= 4 is 34.3 Å². The van der Waals surface area contributed by atoms with E-state index in [-0.39, 0.29) is 5.91 Å². The third kappa shape index (κ3) is 4.96. The van der Waals surface area contributed by atoms with E-state index in [1.165, 1.54) is 0 Å². The molecule has 3 rings (SSSR count). The quantitative estimate of drug-likeness (QED) is 0.652. The van der Waals surface area contributed by atoms with Crippen molar-refractivity contribution in [3.63, 3.8) is 0 Å². The largest absolute Gasteiger partial charge is 0.326 e. The standard InChI is InChI=1S/C19H21N3OS2/c1-12(2)8-17(23)21-15-6-4-14(5-7-15)16-11-25-19(22-16)9-18-20-13(3)10-24-18/h4-7,10-12H,8-9H2,1-3H3,(H,21,23). The summed E-state index contributed by atoms with van der Waals surface area (Å²) in [6.07, 6.45) is 1.32. The van der Waals surface area contributed by atoms with Crippen molar-refractivity contribution in [3.8, 4) is 11.3 Å². The minimum absolute atomic E-state index is 0.0532. The molecule has 0 aliphatic rings. The summed E-state index contributed by atoms with van der Waals surface area (Å²) in [5, 5.41) is 9.23. The van der Waals surface area contributed by atoms with E-state index in [4.69, 9.17) is 4.98 Å². The van der Waals surface area contributed by atoms with Gasteiger partial charge in [0.25, 0.3) is 0 Å². The minimum atomic E-state index is 0.0532. The summed E-state index contributed by atoms with van der Waals surface area (Å²) in [4.78, 5) is 21.0. The molecular weight excluding hydrogens is 350 g/mol. The number of carbonyl (C=O) groups is 1.